The summed E-state index contributed by atoms with van der Waals surface area (Å²) in [5.74, 6) is 0. The van der Waals surface area contributed by atoms with Crippen LogP contribution in [0.1, 0.15) is 57.6 Å². The Hall–Kier alpha value is -2.84. The molecule has 33 heavy (non-hydrogen) atoms. The lowest BCUT2D eigenvalue weighted by atomic mass is 9.83. The lowest BCUT2D eigenvalue weighted by molar-refractivity contribution is 0.172. The molecular formula is C31H37NO. The van der Waals surface area contributed by atoms with Gasteiger partial charge in [-0.05, 0) is 78.7 Å². The van der Waals surface area contributed by atoms with E-state index in [1.165, 1.54) is 52.1 Å². The molecule has 1 aliphatic carbocycles. The van der Waals surface area contributed by atoms with Crippen LogP contribution in [0, 0.1) is 0 Å². The van der Waals surface area contributed by atoms with Gasteiger partial charge in [-0.15, -0.1) is 0 Å². The summed E-state index contributed by atoms with van der Waals surface area (Å²) in [6.07, 6.45) is 14.2. The normalized spacial score (nSPS) is 19.6. The molecule has 0 unspecified atom stereocenters. The number of likely N-dealkylation sites (N-methyl/N-ethyl adjacent to an activating group) is 1. The number of allylic oxidation sites excluding steroid dienone is 5. The Morgan fingerprint density at radius 3 is 2.48 bits per heavy atom. The van der Waals surface area contributed by atoms with Gasteiger partial charge < -0.3 is 9.64 Å². The predicted molar refractivity (Wildman–Crippen MR) is 141 cm³/mol. The molecule has 0 spiro atoms. The number of anilines is 1. The highest BCUT2D eigenvalue weighted by atomic mass is 16.5. The van der Waals surface area contributed by atoms with Gasteiger partial charge in [-0.25, -0.2) is 0 Å². The molecule has 0 atom stereocenters. The van der Waals surface area contributed by atoms with Crippen LogP contribution in [0.2, 0.25) is 0 Å². The van der Waals surface area contributed by atoms with Gasteiger partial charge >= 0.3 is 0 Å². The van der Waals surface area contributed by atoms with Crippen molar-refractivity contribution in [1.29, 1.82) is 0 Å². The third-order valence-electron chi connectivity index (χ3n) is 6.94. The van der Waals surface area contributed by atoms with Crippen molar-refractivity contribution in [3.05, 3.63) is 106 Å². The zero-order valence-corrected chi connectivity index (χ0v) is 20.6. The highest BCUT2D eigenvalue weighted by Crippen LogP contribution is 2.46. The Bertz CT molecular complexity index is 1080. The Labute approximate surface area is 200 Å². The Morgan fingerprint density at radius 2 is 1.79 bits per heavy atom. The van der Waals surface area contributed by atoms with Crippen LogP contribution in [0.15, 0.2) is 95.2 Å². The van der Waals surface area contributed by atoms with Gasteiger partial charge in [-0.3, -0.25) is 0 Å². The van der Waals surface area contributed by atoms with Crippen LogP contribution < -0.4 is 4.90 Å². The van der Waals surface area contributed by atoms with Gasteiger partial charge in [0.2, 0.25) is 0 Å². The van der Waals surface area contributed by atoms with Crippen LogP contribution in [0.3, 0.4) is 0 Å². The molecule has 0 saturated heterocycles. The molecule has 1 aliphatic heterocycles. The lowest BCUT2D eigenvalue weighted by Crippen LogP contribution is -2.22. The molecule has 2 nitrogen and oxygen atoms in total. The van der Waals surface area contributed by atoms with E-state index in [-0.39, 0.29) is 5.41 Å². The summed E-state index contributed by atoms with van der Waals surface area (Å²) < 4.78 is 5.98. The highest BCUT2D eigenvalue weighted by molar-refractivity contribution is 5.71. The molecule has 4 rings (SSSR count). The first-order chi connectivity index (χ1) is 16.0. The van der Waals surface area contributed by atoms with Crippen molar-refractivity contribution >= 4 is 11.8 Å². The number of fused-ring (bicyclic) bond motifs is 1. The van der Waals surface area contributed by atoms with Crippen molar-refractivity contribution in [2.45, 2.75) is 51.9 Å². The molecule has 0 amide bonds. The highest BCUT2D eigenvalue weighted by Gasteiger charge is 2.37. The molecule has 2 aliphatic rings. The fourth-order valence-corrected chi connectivity index (χ4v) is 5.10. The SMILES string of the molecule is CCOCC(=C/C=C1/N(C)c2ccccc2C1(C)C)/C(=C/c1ccccc1)C1=CCCCC1. The van der Waals surface area contributed by atoms with Crippen molar-refractivity contribution in [2.75, 3.05) is 25.2 Å². The van der Waals surface area contributed by atoms with Gasteiger partial charge in [0.25, 0.3) is 0 Å². The second kappa shape index (κ2) is 10.4. The summed E-state index contributed by atoms with van der Waals surface area (Å²) in [6, 6.07) is 19.4. The van der Waals surface area contributed by atoms with Crippen LogP contribution >= 0.6 is 0 Å². The molecule has 0 fully saturated rings. The minimum atomic E-state index is -0.0357. The van der Waals surface area contributed by atoms with Gasteiger partial charge in [0.15, 0.2) is 0 Å². The smallest absolute Gasteiger partial charge is 0.0722 e. The summed E-state index contributed by atoms with van der Waals surface area (Å²) >= 11 is 0. The van der Waals surface area contributed by atoms with Gasteiger partial charge in [-0.1, -0.05) is 74.5 Å². The fraction of sp³-hybridized carbons (Fsp3) is 0.355. The van der Waals surface area contributed by atoms with Crippen molar-refractivity contribution in [3.63, 3.8) is 0 Å². The van der Waals surface area contributed by atoms with E-state index >= 15 is 0 Å². The predicted octanol–water partition coefficient (Wildman–Crippen LogP) is 7.84. The summed E-state index contributed by atoms with van der Waals surface area (Å²) in [6.45, 7) is 8.04. The van der Waals surface area contributed by atoms with Crippen LogP contribution in [-0.4, -0.2) is 20.3 Å². The fourth-order valence-electron chi connectivity index (χ4n) is 5.10. The average Bonchev–Trinajstić information content (AvgIpc) is 3.04. The number of benzene rings is 2. The van der Waals surface area contributed by atoms with Crippen LogP contribution in [0.4, 0.5) is 5.69 Å². The molecule has 0 aromatic heterocycles. The first kappa shape index (κ1) is 23.3. The number of nitrogens with zero attached hydrogens (tertiary/aromatic N) is 1. The number of hydrogen-bond donors (Lipinski definition) is 0. The molecule has 0 radical (unpaired) electrons. The standard InChI is InChI=1S/C31H37NO/c1-5-33-23-26(20-21-30-31(2,3)28-18-12-13-19-29(28)32(30)4)27(25-16-10-7-11-17-25)22-24-14-8-6-9-15-24/h6,8-9,12-16,18-22H,5,7,10-11,17,23H2,1-4H3/b26-20-,27-22+,30-21+. The molecule has 2 aromatic carbocycles. The molecule has 172 valence electrons. The van der Waals surface area contributed by atoms with E-state index < -0.39 is 0 Å². The van der Waals surface area contributed by atoms with E-state index in [2.05, 4.69) is 112 Å². The quantitative estimate of drug-likeness (QED) is 0.407. The molecule has 0 N–H and O–H groups in total. The molecule has 0 saturated carbocycles. The van der Waals surface area contributed by atoms with E-state index in [9.17, 15) is 0 Å². The monoisotopic (exact) mass is 439 g/mol. The van der Waals surface area contributed by atoms with E-state index in [1.807, 2.05) is 0 Å². The summed E-state index contributed by atoms with van der Waals surface area (Å²) in [4.78, 5) is 2.34. The largest absolute Gasteiger partial charge is 0.377 e. The summed E-state index contributed by atoms with van der Waals surface area (Å²) in [7, 11) is 2.18. The number of para-hydroxylation sites is 1. The van der Waals surface area contributed by atoms with Gasteiger partial charge in [0.1, 0.15) is 0 Å². The third kappa shape index (κ3) is 5.07. The number of hydrogen-bond acceptors (Lipinski definition) is 2. The van der Waals surface area contributed by atoms with E-state index in [4.69, 9.17) is 4.74 Å². The molecule has 2 aromatic rings. The van der Waals surface area contributed by atoms with Gasteiger partial charge in [0.05, 0.1) is 6.61 Å². The average molecular weight is 440 g/mol. The van der Waals surface area contributed by atoms with Gasteiger partial charge in [0, 0.05) is 30.5 Å². The first-order valence-corrected chi connectivity index (χ1v) is 12.3. The number of ether oxygens (including phenoxy) is 1. The van der Waals surface area contributed by atoms with Crippen LogP contribution in [0.25, 0.3) is 6.08 Å². The second-order valence-electron chi connectivity index (χ2n) is 9.53. The maximum absolute atomic E-state index is 5.98. The summed E-state index contributed by atoms with van der Waals surface area (Å²) in [5, 5.41) is 0. The van der Waals surface area contributed by atoms with E-state index in [0.717, 1.165) is 12.8 Å². The van der Waals surface area contributed by atoms with Crippen molar-refractivity contribution in [3.8, 4) is 0 Å². The van der Waals surface area contributed by atoms with Crippen molar-refractivity contribution in [2.24, 2.45) is 0 Å². The van der Waals surface area contributed by atoms with E-state index in [1.54, 1.807) is 0 Å². The van der Waals surface area contributed by atoms with E-state index in [0.29, 0.717) is 13.2 Å². The minimum Gasteiger partial charge on any atom is -0.377 e. The topological polar surface area (TPSA) is 12.5 Å². The minimum absolute atomic E-state index is 0.0357. The third-order valence-corrected chi connectivity index (χ3v) is 6.94. The Morgan fingerprint density at radius 1 is 1.03 bits per heavy atom. The first-order valence-electron chi connectivity index (χ1n) is 12.3. The maximum Gasteiger partial charge on any atom is 0.0722 e. The molecule has 1 heterocycles. The zero-order valence-electron chi connectivity index (χ0n) is 20.6. The maximum atomic E-state index is 5.98. The van der Waals surface area contributed by atoms with Crippen molar-refractivity contribution in [1.82, 2.24) is 0 Å². The van der Waals surface area contributed by atoms with Crippen molar-refractivity contribution < 1.29 is 4.74 Å². The zero-order chi connectivity index (χ0) is 23.3. The second-order valence-corrected chi connectivity index (χ2v) is 9.53. The Kier molecular flexibility index (Phi) is 7.35. The van der Waals surface area contributed by atoms with Crippen LogP contribution in [0.5, 0.6) is 0 Å². The molecular weight excluding hydrogens is 402 g/mol. The molecule has 2 heteroatoms. The summed E-state index contributed by atoms with van der Waals surface area (Å²) in [5.41, 5.74) is 9.22. The molecule has 0 bridgehead atoms. The Balaban J connectivity index is 1.79. The number of rotatable bonds is 7. The van der Waals surface area contributed by atoms with Gasteiger partial charge in [-0.2, -0.15) is 0 Å². The lowest BCUT2D eigenvalue weighted by Gasteiger charge is -2.24. The van der Waals surface area contributed by atoms with Crippen LogP contribution in [-0.2, 0) is 10.2 Å².